The zero-order valence-electron chi connectivity index (χ0n) is 12.2. The van der Waals surface area contributed by atoms with E-state index in [0.29, 0.717) is 11.3 Å². The standard InChI is InChI=1S/C16H22F3N/c1-11-10-15(2,3)9-8-13(11)20-14-7-5-4-6-12(14)16(17,18)19/h4-7,11,13,20H,8-10H2,1-3H3. The smallest absolute Gasteiger partial charge is 0.382 e. The average Bonchev–Trinajstić information content (AvgIpc) is 2.31. The van der Waals surface area contributed by atoms with Gasteiger partial charge in [0.25, 0.3) is 0 Å². The molecule has 0 spiro atoms. The first-order valence-electron chi connectivity index (χ1n) is 7.12. The summed E-state index contributed by atoms with van der Waals surface area (Å²) in [6.45, 7) is 6.57. The minimum Gasteiger partial charge on any atom is -0.382 e. The van der Waals surface area contributed by atoms with Crippen LogP contribution in [0.4, 0.5) is 18.9 Å². The fraction of sp³-hybridized carbons (Fsp3) is 0.625. The average molecular weight is 285 g/mol. The van der Waals surface area contributed by atoms with Crippen LogP contribution in [0.5, 0.6) is 0 Å². The topological polar surface area (TPSA) is 12.0 Å². The SMILES string of the molecule is CC1CC(C)(C)CCC1Nc1ccccc1C(F)(F)F. The Bertz CT molecular complexity index is 465. The van der Waals surface area contributed by atoms with Crippen LogP contribution in [-0.4, -0.2) is 6.04 Å². The predicted molar refractivity (Wildman–Crippen MR) is 75.7 cm³/mol. The van der Waals surface area contributed by atoms with Crippen molar-refractivity contribution in [3.05, 3.63) is 29.8 Å². The molecule has 112 valence electrons. The second-order valence-electron chi connectivity index (χ2n) is 6.68. The first-order valence-corrected chi connectivity index (χ1v) is 7.12. The summed E-state index contributed by atoms with van der Waals surface area (Å²) >= 11 is 0. The molecule has 1 aromatic carbocycles. The van der Waals surface area contributed by atoms with E-state index in [1.54, 1.807) is 6.07 Å². The first-order chi connectivity index (χ1) is 9.19. The fourth-order valence-corrected chi connectivity index (χ4v) is 3.22. The highest BCUT2D eigenvalue weighted by Gasteiger charge is 2.36. The van der Waals surface area contributed by atoms with Crippen molar-refractivity contribution in [2.45, 2.75) is 52.3 Å². The minimum atomic E-state index is -4.30. The zero-order chi connectivity index (χ0) is 15.0. The maximum Gasteiger partial charge on any atom is 0.418 e. The molecule has 20 heavy (non-hydrogen) atoms. The maximum absolute atomic E-state index is 13.0. The quantitative estimate of drug-likeness (QED) is 0.774. The minimum absolute atomic E-state index is 0.117. The predicted octanol–water partition coefficient (Wildman–Crippen LogP) is 5.33. The third-order valence-corrected chi connectivity index (χ3v) is 4.27. The summed E-state index contributed by atoms with van der Waals surface area (Å²) in [5, 5.41) is 3.12. The van der Waals surface area contributed by atoms with E-state index in [2.05, 4.69) is 26.1 Å². The van der Waals surface area contributed by atoms with Gasteiger partial charge in [-0.15, -0.1) is 0 Å². The molecule has 1 fully saturated rings. The monoisotopic (exact) mass is 285 g/mol. The highest BCUT2D eigenvalue weighted by atomic mass is 19.4. The van der Waals surface area contributed by atoms with Gasteiger partial charge in [-0.3, -0.25) is 0 Å². The molecule has 0 saturated heterocycles. The molecule has 2 rings (SSSR count). The van der Waals surface area contributed by atoms with Crippen molar-refractivity contribution in [1.29, 1.82) is 0 Å². The molecule has 0 aromatic heterocycles. The molecule has 1 aliphatic rings. The molecule has 2 unspecified atom stereocenters. The van der Waals surface area contributed by atoms with E-state index in [4.69, 9.17) is 0 Å². The Morgan fingerprint density at radius 1 is 1.20 bits per heavy atom. The number of hydrogen-bond acceptors (Lipinski definition) is 1. The van der Waals surface area contributed by atoms with Crippen molar-refractivity contribution in [3.8, 4) is 0 Å². The molecular formula is C16H22F3N. The zero-order valence-corrected chi connectivity index (χ0v) is 12.2. The summed E-state index contributed by atoms with van der Waals surface area (Å²) in [4.78, 5) is 0. The van der Waals surface area contributed by atoms with Crippen LogP contribution in [0.2, 0.25) is 0 Å². The molecule has 4 heteroatoms. The van der Waals surface area contributed by atoms with Gasteiger partial charge in [-0.1, -0.05) is 32.9 Å². The normalized spacial score (nSPS) is 26.3. The van der Waals surface area contributed by atoms with Crippen LogP contribution in [0, 0.1) is 11.3 Å². The van der Waals surface area contributed by atoms with Gasteiger partial charge in [-0.05, 0) is 42.7 Å². The van der Waals surface area contributed by atoms with Gasteiger partial charge in [0.2, 0.25) is 0 Å². The summed E-state index contributed by atoms with van der Waals surface area (Å²) < 4.78 is 38.9. The number of hydrogen-bond donors (Lipinski definition) is 1. The Labute approximate surface area is 118 Å². The molecule has 1 N–H and O–H groups in total. The van der Waals surface area contributed by atoms with E-state index >= 15 is 0 Å². The number of halogens is 3. The molecule has 0 radical (unpaired) electrons. The van der Waals surface area contributed by atoms with Crippen molar-refractivity contribution >= 4 is 5.69 Å². The second kappa shape index (κ2) is 5.30. The van der Waals surface area contributed by atoms with Gasteiger partial charge in [-0.2, -0.15) is 13.2 Å². The molecule has 1 aliphatic carbocycles. The third-order valence-electron chi connectivity index (χ3n) is 4.27. The Morgan fingerprint density at radius 2 is 1.85 bits per heavy atom. The molecule has 0 aliphatic heterocycles. The van der Waals surface area contributed by atoms with Gasteiger partial charge in [0, 0.05) is 11.7 Å². The van der Waals surface area contributed by atoms with E-state index in [1.165, 1.54) is 12.1 Å². The second-order valence-corrected chi connectivity index (χ2v) is 6.68. The van der Waals surface area contributed by atoms with Gasteiger partial charge < -0.3 is 5.32 Å². The number of anilines is 1. The third kappa shape index (κ3) is 3.47. The van der Waals surface area contributed by atoms with Crippen molar-refractivity contribution in [3.63, 3.8) is 0 Å². The highest BCUT2D eigenvalue weighted by Crippen LogP contribution is 2.41. The fourth-order valence-electron chi connectivity index (χ4n) is 3.22. The highest BCUT2D eigenvalue weighted by molar-refractivity contribution is 5.53. The van der Waals surface area contributed by atoms with Gasteiger partial charge in [0.15, 0.2) is 0 Å². The lowest BCUT2D eigenvalue weighted by Crippen LogP contribution is -2.37. The molecular weight excluding hydrogens is 263 g/mol. The summed E-state index contributed by atoms with van der Waals surface area (Å²) in [5.74, 6) is 0.375. The first kappa shape index (κ1) is 15.2. The molecule has 0 heterocycles. The maximum atomic E-state index is 13.0. The van der Waals surface area contributed by atoms with Crippen molar-refractivity contribution in [2.75, 3.05) is 5.32 Å². The van der Waals surface area contributed by atoms with Gasteiger partial charge >= 0.3 is 6.18 Å². The largest absolute Gasteiger partial charge is 0.418 e. The number of rotatable bonds is 2. The van der Waals surface area contributed by atoms with Crippen LogP contribution in [-0.2, 0) is 6.18 Å². The molecule has 0 amide bonds. The van der Waals surface area contributed by atoms with Gasteiger partial charge in [0.05, 0.1) is 5.56 Å². The van der Waals surface area contributed by atoms with Crippen LogP contribution in [0.3, 0.4) is 0 Å². The van der Waals surface area contributed by atoms with Gasteiger partial charge in [0.1, 0.15) is 0 Å². The van der Waals surface area contributed by atoms with Crippen molar-refractivity contribution in [1.82, 2.24) is 0 Å². The van der Waals surface area contributed by atoms with E-state index in [1.807, 2.05) is 0 Å². The summed E-state index contributed by atoms with van der Waals surface area (Å²) in [5.41, 5.74) is -0.0742. The lowest BCUT2D eigenvalue weighted by atomic mass is 9.70. The molecule has 1 saturated carbocycles. The van der Waals surface area contributed by atoms with Crippen molar-refractivity contribution in [2.24, 2.45) is 11.3 Å². The Morgan fingerprint density at radius 3 is 2.45 bits per heavy atom. The summed E-state index contributed by atoms with van der Waals surface area (Å²) in [6.07, 6.45) is -1.30. The van der Waals surface area contributed by atoms with Crippen LogP contribution in [0.25, 0.3) is 0 Å². The van der Waals surface area contributed by atoms with Crippen LogP contribution >= 0.6 is 0 Å². The Hall–Kier alpha value is -1.19. The van der Waals surface area contributed by atoms with Crippen LogP contribution in [0.15, 0.2) is 24.3 Å². The summed E-state index contributed by atoms with van der Waals surface area (Å²) in [6, 6.07) is 5.86. The van der Waals surface area contributed by atoms with Gasteiger partial charge in [-0.25, -0.2) is 0 Å². The Balaban J connectivity index is 2.15. The molecule has 0 bridgehead atoms. The van der Waals surface area contributed by atoms with E-state index in [0.717, 1.165) is 25.3 Å². The number of benzene rings is 1. The Kier molecular flexibility index (Phi) is 4.03. The molecule has 1 nitrogen and oxygen atoms in total. The number of para-hydroxylation sites is 1. The van der Waals surface area contributed by atoms with Crippen LogP contribution < -0.4 is 5.32 Å². The summed E-state index contributed by atoms with van der Waals surface area (Å²) in [7, 11) is 0. The van der Waals surface area contributed by atoms with E-state index < -0.39 is 11.7 Å². The molecule has 2 atom stereocenters. The number of alkyl halides is 3. The number of nitrogens with one attached hydrogen (secondary N) is 1. The lowest BCUT2D eigenvalue weighted by Gasteiger charge is -2.40. The van der Waals surface area contributed by atoms with Crippen molar-refractivity contribution < 1.29 is 13.2 Å². The molecule has 1 aromatic rings. The van der Waals surface area contributed by atoms with E-state index in [-0.39, 0.29) is 11.7 Å². The van der Waals surface area contributed by atoms with E-state index in [9.17, 15) is 13.2 Å². The van der Waals surface area contributed by atoms with Crippen LogP contribution in [0.1, 0.15) is 45.6 Å². The lowest BCUT2D eigenvalue weighted by molar-refractivity contribution is -0.137.